The molecule has 0 spiro atoms. The molecule has 0 saturated carbocycles. The lowest BCUT2D eigenvalue weighted by atomic mass is 10.1. The number of hydrogen-bond acceptors (Lipinski definition) is 2. The van der Waals surface area contributed by atoms with E-state index in [9.17, 15) is 4.39 Å². The van der Waals surface area contributed by atoms with Gasteiger partial charge in [0.25, 0.3) is 0 Å². The largest absolute Gasteiger partial charge is 0.237 e. The number of hydrogen-bond donors (Lipinski definition) is 0. The van der Waals surface area contributed by atoms with Gasteiger partial charge in [0.2, 0.25) is 0 Å². The number of aliphatic imine (C=N–C) groups is 1. The first-order valence-electron chi connectivity index (χ1n) is 7.44. The minimum Gasteiger partial charge on any atom is -0.237 e. The highest BCUT2D eigenvalue weighted by Crippen LogP contribution is 2.24. The van der Waals surface area contributed by atoms with Gasteiger partial charge in [-0.3, -0.25) is 0 Å². The summed E-state index contributed by atoms with van der Waals surface area (Å²) in [6.45, 7) is 7.62. The standard InChI is InChI=1S/C19H20FN3/c1-4-6-7-11-23-19(21-14-15(3)5-2)13-18(22-23)16-9-8-10-17(20)12-16/h4-5,7-14H,1,6H2,2-3H3/b11-7+,15-5+,21-14+. The maximum Gasteiger partial charge on any atom is 0.155 e. The maximum absolute atomic E-state index is 13.4. The molecule has 0 saturated heterocycles. The molecule has 0 radical (unpaired) electrons. The van der Waals surface area contributed by atoms with Crippen molar-refractivity contribution in [2.45, 2.75) is 20.3 Å². The predicted octanol–water partition coefficient (Wildman–Crippen LogP) is 5.40. The van der Waals surface area contributed by atoms with Crippen LogP contribution in [0.25, 0.3) is 17.5 Å². The van der Waals surface area contributed by atoms with Gasteiger partial charge in [-0.2, -0.15) is 5.10 Å². The van der Waals surface area contributed by atoms with Crippen molar-refractivity contribution in [1.82, 2.24) is 9.78 Å². The van der Waals surface area contributed by atoms with Crippen LogP contribution in [0.3, 0.4) is 0 Å². The van der Waals surface area contributed by atoms with Crippen LogP contribution in [0.15, 0.2) is 65.7 Å². The van der Waals surface area contributed by atoms with Gasteiger partial charge in [0.1, 0.15) is 5.82 Å². The molecule has 4 heteroatoms. The van der Waals surface area contributed by atoms with E-state index in [1.165, 1.54) is 12.1 Å². The molecule has 0 aliphatic heterocycles. The van der Waals surface area contributed by atoms with Crippen molar-refractivity contribution in [1.29, 1.82) is 0 Å². The van der Waals surface area contributed by atoms with Crippen molar-refractivity contribution in [2.24, 2.45) is 4.99 Å². The third-order valence-electron chi connectivity index (χ3n) is 3.24. The Labute approximate surface area is 136 Å². The fraction of sp³-hybridized carbons (Fsp3) is 0.158. The van der Waals surface area contributed by atoms with Crippen LogP contribution in [0.5, 0.6) is 0 Å². The highest BCUT2D eigenvalue weighted by atomic mass is 19.1. The zero-order chi connectivity index (χ0) is 16.7. The van der Waals surface area contributed by atoms with Crippen molar-refractivity contribution in [3.63, 3.8) is 0 Å². The SMILES string of the molecule is C=CC/C=C/n1nc(-c2cccc(F)c2)cc1/N=C/C(C)=C/C. The summed E-state index contributed by atoms with van der Waals surface area (Å²) in [6, 6.07) is 8.22. The molecule has 0 bridgehead atoms. The van der Waals surface area contributed by atoms with Gasteiger partial charge in [0.05, 0.1) is 5.69 Å². The fourth-order valence-electron chi connectivity index (χ4n) is 1.88. The maximum atomic E-state index is 13.4. The van der Waals surface area contributed by atoms with Crippen molar-refractivity contribution >= 4 is 18.2 Å². The van der Waals surface area contributed by atoms with E-state index in [2.05, 4.69) is 16.7 Å². The van der Waals surface area contributed by atoms with Crippen molar-refractivity contribution in [3.05, 3.63) is 66.5 Å². The quantitative estimate of drug-likeness (QED) is 0.518. The fourth-order valence-corrected chi connectivity index (χ4v) is 1.88. The van der Waals surface area contributed by atoms with Crippen LogP contribution in [0.4, 0.5) is 10.2 Å². The first-order chi connectivity index (χ1) is 11.1. The van der Waals surface area contributed by atoms with Crippen LogP contribution in [0.1, 0.15) is 20.3 Å². The summed E-state index contributed by atoms with van der Waals surface area (Å²) >= 11 is 0. The van der Waals surface area contributed by atoms with Crippen LogP contribution in [0.2, 0.25) is 0 Å². The molecule has 0 aliphatic carbocycles. The summed E-state index contributed by atoms with van der Waals surface area (Å²) in [6.07, 6.45) is 10.1. The Hall–Kier alpha value is -2.75. The first-order valence-corrected chi connectivity index (χ1v) is 7.44. The second-order valence-corrected chi connectivity index (χ2v) is 5.04. The zero-order valence-electron chi connectivity index (χ0n) is 13.4. The third-order valence-corrected chi connectivity index (χ3v) is 3.24. The Bertz CT molecular complexity index is 767. The third kappa shape index (κ3) is 4.61. The summed E-state index contributed by atoms with van der Waals surface area (Å²) in [5.41, 5.74) is 2.46. The van der Waals surface area contributed by atoms with Crippen LogP contribution >= 0.6 is 0 Å². The summed E-state index contributed by atoms with van der Waals surface area (Å²) in [5.74, 6) is 0.403. The van der Waals surface area contributed by atoms with Crippen LogP contribution in [0, 0.1) is 5.82 Å². The molecule has 0 aliphatic rings. The van der Waals surface area contributed by atoms with E-state index in [0.717, 1.165) is 17.6 Å². The molecule has 0 unspecified atom stereocenters. The van der Waals surface area contributed by atoms with Crippen LogP contribution in [-0.4, -0.2) is 16.0 Å². The normalized spacial score (nSPS) is 12.4. The lowest BCUT2D eigenvalue weighted by Crippen LogP contribution is -1.90. The lowest BCUT2D eigenvalue weighted by molar-refractivity contribution is 0.628. The second-order valence-electron chi connectivity index (χ2n) is 5.04. The number of rotatable bonds is 6. The smallest absolute Gasteiger partial charge is 0.155 e. The average Bonchev–Trinajstić information content (AvgIpc) is 2.96. The van der Waals surface area contributed by atoms with Gasteiger partial charge in [-0.15, -0.1) is 6.58 Å². The van der Waals surface area contributed by atoms with Gasteiger partial charge >= 0.3 is 0 Å². The highest BCUT2D eigenvalue weighted by Gasteiger charge is 2.08. The zero-order valence-corrected chi connectivity index (χ0v) is 13.4. The number of nitrogens with zero attached hydrogens (tertiary/aromatic N) is 3. The highest BCUT2D eigenvalue weighted by molar-refractivity contribution is 5.80. The van der Waals surface area contributed by atoms with Gasteiger partial charge < -0.3 is 0 Å². The molecule has 1 aromatic heterocycles. The summed E-state index contributed by atoms with van der Waals surface area (Å²) in [7, 11) is 0. The summed E-state index contributed by atoms with van der Waals surface area (Å²) in [5, 5.41) is 4.49. The monoisotopic (exact) mass is 309 g/mol. The van der Waals surface area contributed by atoms with E-state index < -0.39 is 0 Å². The molecular weight excluding hydrogens is 289 g/mol. The van der Waals surface area contributed by atoms with Crippen LogP contribution in [-0.2, 0) is 0 Å². The Morgan fingerprint density at radius 1 is 1.39 bits per heavy atom. The Kier molecular flexibility index (Phi) is 5.80. The Morgan fingerprint density at radius 3 is 2.91 bits per heavy atom. The average molecular weight is 309 g/mol. The van der Waals surface area contributed by atoms with E-state index >= 15 is 0 Å². The molecule has 2 rings (SSSR count). The molecule has 0 atom stereocenters. The molecule has 1 aromatic carbocycles. The van der Waals surface area contributed by atoms with Crippen molar-refractivity contribution in [3.8, 4) is 11.3 Å². The molecule has 0 amide bonds. The van der Waals surface area contributed by atoms with E-state index in [4.69, 9.17) is 0 Å². The van der Waals surface area contributed by atoms with Gasteiger partial charge in [0, 0.05) is 24.0 Å². The number of halogens is 1. The molecule has 0 fully saturated rings. The number of aromatic nitrogens is 2. The van der Waals surface area contributed by atoms with Gasteiger partial charge in [-0.1, -0.05) is 30.4 Å². The molecule has 0 N–H and O–H groups in total. The van der Waals surface area contributed by atoms with Crippen molar-refractivity contribution < 1.29 is 4.39 Å². The van der Waals surface area contributed by atoms with E-state index in [1.807, 2.05) is 44.3 Å². The van der Waals surface area contributed by atoms with E-state index in [1.54, 1.807) is 23.0 Å². The van der Waals surface area contributed by atoms with Gasteiger partial charge in [-0.25, -0.2) is 14.1 Å². The van der Waals surface area contributed by atoms with Gasteiger partial charge in [-0.05, 0) is 38.0 Å². The molecule has 1 heterocycles. The second kappa shape index (κ2) is 8.03. The van der Waals surface area contributed by atoms with E-state index in [0.29, 0.717) is 11.5 Å². The minimum atomic E-state index is -0.283. The Morgan fingerprint density at radius 2 is 2.22 bits per heavy atom. The molecule has 118 valence electrons. The molecule has 23 heavy (non-hydrogen) atoms. The molecule has 2 aromatic rings. The summed E-state index contributed by atoms with van der Waals surface area (Å²) < 4.78 is 15.1. The number of benzene rings is 1. The van der Waals surface area contributed by atoms with Crippen molar-refractivity contribution in [2.75, 3.05) is 0 Å². The molecular formula is C19H20FN3. The lowest BCUT2D eigenvalue weighted by Gasteiger charge is -1.97. The minimum absolute atomic E-state index is 0.283. The topological polar surface area (TPSA) is 30.2 Å². The Balaban J connectivity index is 2.42. The van der Waals surface area contributed by atoms with Gasteiger partial charge in [0.15, 0.2) is 5.82 Å². The summed E-state index contributed by atoms with van der Waals surface area (Å²) in [4.78, 5) is 4.46. The first kappa shape index (κ1) is 16.6. The molecule has 3 nitrogen and oxygen atoms in total. The number of allylic oxidation sites excluding steroid dienone is 4. The van der Waals surface area contributed by atoms with E-state index in [-0.39, 0.29) is 5.82 Å². The predicted molar refractivity (Wildman–Crippen MR) is 95.3 cm³/mol. The van der Waals surface area contributed by atoms with Crippen LogP contribution < -0.4 is 0 Å².